The van der Waals surface area contributed by atoms with Crippen LogP contribution in [0.25, 0.3) is 5.57 Å². The zero-order chi connectivity index (χ0) is 14.0. The van der Waals surface area contributed by atoms with E-state index in [1.165, 1.54) is 27.6 Å². The highest BCUT2D eigenvalue weighted by molar-refractivity contribution is 6.31. The van der Waals surface area contributed by atoms with Gasteiger partial charge in [-0.15, -0.1) is 0 Å². The van der Waals surface area contributed by atoms with E-state index in [0.717, 1.165) is 0 Å². The zero-order valence-corrected chi connectivity index (χ0v) is 10.8. The van der Waals surface area contributed by atoms with Crippen molar-refractivity contribution in [2.24, 2.45) is 0 Å². The van der Waals surface area contributed by atoms with Gasteiger partial charge >= 0.3 is 0 Å². The maximum Gasteiger partial charge on any atom is 0.262 e. The van der Waals surface area contributed by atoms with Gasteiger partial charge in [0.05, 0.1) is 38.7 Å². The molecule has 1 aromatic carbocycles. The first-order valence-electron chi connectivity index (χ1n) is 5.47. The van der Waals surface area contributed by atoms with Crippen molar-refractivity contribution in [3.05, 3.63) is 29.5 Å². The van der Waals surface area contributed by atoms with E-state index in [-0.39, 0.29) is 5.57 Å². The lowest BCUT2D eigenvalue weighted by Crippen LogP contribution is -2.36. The van der Waals surface area contributed by atoms with Crippen LogP contribution in [0.1, 0.15) is 15.9 Å². The Kier molecular flexibility index (Phi) is 3.41. The molecule has 6 heteroatoms. The number of imide groups is 1. The molecule has 0 saturated carbocycles. The highest BCUT2D eigenvalue weighted by atomic mass is 16.5. The van der Waals surface area contributed by atoms with Gasteiger partial charge in [-0.3, -0.25) is 14.9 Å². The lowest BCUT2D eigenvalue weighted by atomic mass is 9.94. The molecule has 2 amide bonds. The Hall–Kier alpha value is -2.50. The molecule has 2 rings (SSSR count). The van der Waals surface area contributed by atoms with Crippen LogP contribution < -0.4 is 14.8 Å². The van der Waals surface area contributed by atoms with Crippen LogP contribution in [-0.4, -0.2) is 33.1 Å². The van der Waals surface area contributed by atoms with E-state index in [4.69, 9.17) is 14.2 Å². The van der Waals surface area contributed by atoms with Gasteiger partial charge in [-0.25, -0.2) is 0 Å². The van der Waals surface area contributed by atoms with Gasteiger partial charge in [0.25, 0.3) is 11.8 Å². The van der Waals surface area contributed by atoms with Gasteiger partial charge < -0.3 is 14.2 Å². The van der Waals surface area contributed by atoms with Crippen molar-refractivity contribution in [1.82, 2.24) is 5.32 Å². The maximum absolute atomic E-state index is 11.9. The maximum atomic E-state index is 11.9. The van der Waals surface area contributed by atoms with E-state index in [0.29, 0.717) is 22.6 Å². The van der Waals surface area contributed by atoms with Crippen LogP contribution >= 0.6 is 0 Å². The molecule has 100 valence electrons. The summed E-state index contributed by atoms with van der Waals surface area (Å²) in [7, 11) is 4.36. The van der Waals surface area contributed by atoms with Gasteiger partial charge in [-0.1, -0.05) is 0 Å². The molecule has 0 atom stereocenters. The molecular formula is C13H13NO5. The third kappa shape index (κ3) is 2.12. The summed E-state index contributed by atoms with van der Waals surface area (Å²) in [4.78, 5) is 23.7. The average molecular weight is 263 g/mol. The molecule has 0 fully saturated rings. The second-order valence-corrected chi connectivity index (χ2v) is 3.80. The van der Waals surface area contributed by atoms with Gasteiger partial charge in [-0.05, 0) is 6.07 Å². The summed E-state index contributed by atoms with van der Waals surface area (Å²) in [6.07, 6.45) is 1.27. The van der Waals surface area contributed by atoms with E-state index in [9.17, 15) is 9.59 Å². The van der Waals surface area contributed by atoms with E-state index >= 15 is 0 Å². The number of benzene rings is 1. The highest BCUT2D eigenvalue weighted by Gasteiger charge is 2.31. The van der Waals surface area contributed by atoms with Gasteiger partial charge in [0.15, 0.2) is 0 Å². The Labute approximate surface area is 110 Å². The Morgan fingerprint density at radius 1 is 1.05 bits per heavy atom. The van der Waals surface area contributed by atoms with Crippen LogP contribution in [0.2, 0.25) is 0 Å². The molecular weight excluding hydrogens is 250 g/mol. The molecule has 0 spiro atoms. The van der Waals surface area contributed by atoms with Crippen LogP contribution in [0.4, 0.5) is 0 Å². The van der Waals surface area contributed by atoms with Crippen LogP contribution in [-0.2, 0) is 9.53 Å². The summed E-state index contributed by atoms with van der Waals surface area (Å²) >= 11 is 0. The van der Waals surface area contributed by atoms with Crippen molar-refractivity contribution < 1.29 is 23.8 Å². The largest absolute Gasteiger partial charge is 0.504 e. The number of rotatable bonds is 3. The third-order valence-corrected chi connectivity index (χ3v) is 2.75. The normalized spacial score (nSPS) is 15.8. The quantitative estimate of drug-likeness (QED) is 0.499. The molecule has 0 aromatic heterocycles. The number of fused-ring (bicyclic) bond motifs is 1. The average Bonchev–Trinajstić information content (AvgIpc) is 2.42. The summed E-state index contributed by atoms with van der Waals surface area (Å²) in [6.45, 7) is 0. The number of amides is 2. The summed E-state index contributed by atoms with van der Waals surface area (Å²) in [5.74, 6) is -0.175. The monoisotopic (exact) mass is 263 g/mol. The molecule has 0 saturated heterocycles. The van der Waals surface area contributed by atoms with Gasteiger partial charge in [0, 0.05) is 11.6 Å². The molecule has 6 nitrogen and oxygen atoms in total. The predicted octanol–water partition coefficient (Wildman–Crippen LogP) is 0.961. The van der Waals surface area contributed by atoms with Crippen molar-refractivity contribution in [3.63, 3.8) is 0 Å². The molecule has 0 unspecified atom stereocenters. The second-order valence-electron chi connectivity index (χ2n) is 3.80. The van der Waals surface area contributed by atoms with Crippen molar-refractivity contribution in [1.29, 1.82) is 0 Å². The van der Waals surface area contributed by atoms with Crippen molar-refractivity contribution >= 4 is 17.4 Å². The van der Waals surface area contributed by atoms with Crippen molar-refractivity contribution in [3.8, 4) is 11.5 Å². The molecule has 19 heavy (non-hydrogen) atoms. The number of carbonyl (C=O) groups excluding carboxylic acids is 2. The number of hydrogen-bond donors (Lipinski definition) is 1. The minimum atomic E-state index is -0.525. The molecule has 0 aliphatic carbocycles. The van der Waals surface area contributed by atoms with Gasteiger partial charge in [0.2, 0.25) is 0 Å². The minimum Gasteiger partial charge on any atom is -0.504 e. The summed E-state index contributed by atoms with van der Waals surface area (Å²) in [5.41, 5.74) is 0.939. The Bertz CT molecular complexity index is 577. The standard InChI is InChI=1S/C13H13NO5/c1-17-6-9-11-8(12(15)14-13(9)16)4-7(18-2)5-10(11)19-3/h4-6H,1-3H3,(H,14,15,16)/b9-6-. The number of ether oxygens (including phenoxy) is 3. The first-order chi connectivity index (χ1) is 9.12. The molecule has 1 heterocycles. The molecule has 1 aliphatic rings. The molecule has 1 N–H and O–H groups in total. The Balaban J connectivity index is 2.74. The molecule has 1 aliphatic heterocycles. The molecule has 0 bridgehead atoms. The summed E-state index contributed by atoms with van der Waals surface area (Å²) in [5, 5.41) is 2.24. The summed E-state index contributed by atoms with van der Waals surface area (Å²) < 4.78 is 15.2. The smallest absolute Gasteiger partial charge is 0.262 e. The number of methoxy groups -OCH3 is 3. The SMILES string of the molecule is CO/C=C1\C(=O)NC(=O)c2cc(OC)cc(OC)c21. The molecule has 0 radical (unpaired) electrons. The summed E-state index contributed by atoms with van der Waals surface area (Å²) in [6, 6.07) is 3.15. The fourth-order valence-electron chi connectivity index (χ4n) is 1.91. The van der Waals surface area contributed by atoms with Gasteiger partial charge in [-0.2, -0.15) is 0 Å². The Morgan fingerprint density at radius 2 is 1.79 bits per heavy atom. The van der Waals surface area contributed by atoms with E-state index in [2.05, 4.69) is 5.32 Å². The minimum absolute atomic E-state index is 0.233. The fraction of sp³-hybridized carbons (Fsp3) is 0.231. The van der Waals surface area contributed by atoms with Crippen molar-refractivity contribution in [2.45, 2.75) is 0 Å². The number of carbonyl (C=O) groups is 2. The van der Waals surface area contributed by atoms with Crippen LogP contribution in [0.15, 0.2) is 18.4 Å². The highest BCUT2D eigenvalue weighted by Crippen LogP contribution is 2.36. The van der Waals surface area contributed by atoms with E-state index in [1.807, 2.05) is 0 Å². The molecule has 1 aromatic rings. The predicted molar refractivity (Wildman–Crippen MR) is 67.0 cm³/mol. The third-order valence-electron chi connectivity index (χ3n) is 2.75. The van der Waals surface area contributed by atoms with E-state index in [1.54, 1.807) is 12.1 Å². The first kappa shape index (κ1) is 12.9. The number of hydrogen-bond acceptors (Lipinski definition) is 5. The van der Waals surface area contributed by atoms with Crippen molar-refractivity contribution in [2.75, 3.05) is 21.3 Å². The van der Waals surface area contributed by atoms with Crippen LogP contribution in [0, 0.1) is 0 Å². The Morgan fingerprint density at radius 3 is 2.37 bits per heavy atom. The first-order valence-corrected chi connectivity index (χ1v) is 5.47. The van der Waals surface area contributed by atoms with Crippen LogP contribution in [0.5, 0.6) is 11.5 Å². The fourth-order valence-corrected chi connectivity index (χ4v) is 1.91. The van der Waals surface area contributed by atoms with E-state index < -0.39 is 11.8 Å². The zero-order valence-electron chi connectivity index (χ0n) is 10.8. The van der Waals surface area contributed by atoms with Gasteiger partial charge in [0.1, 0.15) is 11.5 Å². The lowest BCUT2D eigenvalue weighted by molar-refractivity contribution is -0.114. The number of nitrogens with one attached hydrogen (secondary N) is 1. The second kappa shape index (κ2) is 5.01. The van der Waals surface area contributed by atoms with Crippen LogP contribution in [0.3, 0.4) is 0 Å². The topological polar surface area (TPSA) is 73.9 Å². The lowest BCUT2D eigenvalue weighted by Gasteiger charge is -2.21.